The van der Waals surface area contributed by atoms with Crippen LogP contribution in [-0.4, -0.2) is 11.6 Å². The minimum absolute atomic E-state index is 0.734. The molecular formula is C10H13NO. The van der Waals surface area contributed by atoms with Gasteiger partial charge in [0, 0.05) is 6.20 Å². The first-order valence-corrected chi connectivity index (χ1v) is 4.07. The molecule has 1 heterocycles. The number of unbranched alkanes of at least 4 members (excludes halogenated alkanes) is 1. The Morgan fingerprint density at radius 3 is 3.17 bits per heavy atom. The molecule has 0 radical (unpaired) electrons. The van der Waals surface area contributed by atoms with Crippen LogP contribution in [0.1, 0.15) is 12.8 Å². The highest BCUT2D eigenvalue weighted by Gasteiger charge is 1.89. The van der Waals surface area contributed by atoms with E-state index in [4.69, 9.17) is 4.74 Å². The summed E-state index contributed by atoms with van der Waals surface area (Å²) in [4.78, 5) is 3.94. The van der Waals surface area contributed by atoms with Crippen molar-refractivity contribution in [2.75, 3.05) is 6.61 Å². The molecule has 2 heteroatoms. The Kier molecular flexibility index (Phi) is 3.92. The smallest absolute Gasteiger partial charge is 0.137 e. The van der Waals surface area contributed by atoms with Crippen molar-refractivity contribution in [3.8, 4) is 5.75 Å². The molecule has 0 amide bonds. The van der Waals surface area contributed by atoms with E-state index < -0.39 is 0 Å². The van der Waals surface area contributed by atoms with Gasteiger partial charge >= 0.3 is 0 Å². The van der Waals surface area contributed by atoms with Crippen molar-refractivity contribution in [1.29, 1.82) is 0 Å². The molecule has 0 fully saturated rings. The van der Waals surface area contributed by atoms with Crippen LogP contribution in [0.15, 0.2) is 37.2 Å². The molecule has 1 rings (SSSR count). The molecule has 0 aliphatic heterocycles. The van der Waals surface area contributed by atoms with E-state index in [2.05, 4.69) is 11.6 Å². The fourth-order valence-electron chi connectivity index (χ4n) is 0.850. The van der Waals surface area contributed by atoms with Crippen molar-refractivity contribution >= 4 is 0 Å². The Hall–Kier alpha value is -1.31. The average Bonchev–Trinajstić information content (AvgIpc) is 2.14. The van der Waals surface area contributed by atoms with Gasteiger partial charge in [0.2, 0.25) is 0 Å². The molecule has 0 unspecified atom stereocenters. The normalized spacial score (nSPS) is 9.33. The molecule has 0 aromatic carbocycles. The zero-order valence-electron chi connectivity index (χ0n) is 7.07. The number of rotatable bonds is 5. The van der Waals surface area contributed by atoms with Crippen molar-refractivity contribution < 1.29 is 4.74 Å². The zero-order valence-corrected chi connectivity index (χ0v) is 7.07. The standard InChI is InChI=1S/C10H13NO/c1-2-3-4-8-12-10-6-5-7-11-9-10/h2,5-7,9H,1,3-4,8H2. The van der Waals surface area contributed by atoms with Crippen LogP contribution in [0.4, 0.5) is 0 Å². The molecule has 1 aromatic rings. The first-order valence-electron chi connectivity index (χ1n) is 4.07. The minimum Gasteiger partial charge on any atom is -0.492 e. The fraction of sp³-hybridized carbons (Fsp3) is 0.300. The van der Waals surface area contributed by atoms with E-state index in [0.717, 1.165) is 25.2 Å². The summed E-state index contributed by atoms with van der Waals surface area (Å²) >= 11 is 0. The maximum atomic E-state index is 5.40. The lowest BCUT2D eigenvalue weighted by Gasteiger charge is -2.02. The summed E-state index contributed by atoms with van der Waals surface area (Å²) in [7, 11) is 0. The van der Waals surface area contributed by atoms with Gasteiger partial charge in [0.25, 0.3) is 0 Å². The third kappa shape index (κ3) is 3.19. The molecule has 0 saturated carbocycles. The lowest BCUT2D eigenvalue weighted by Crippen LogP contribution is -1.96. The Labute approximate surface area is 72.9 Å². The van der Waals surface area contributed by atoms with Crippen LogP contribution in [-0.2, 0) is 0 Å². The number of nitrogens with zero attached hydrogens (tertiary/aromatic N) is 1. The van der Waals surface area contributed by atoms with Gasteiger partial charge < -0.3 is 4.74 Å². The quantitative estimate of drug-likeness (QED) is 0.491. The lowest BCUT2D eigenvalue weighted by atomic mass is 10.3. The molecule has 0 bridgehead atoms. The first-order chi connectivity index (χ1) is 5.93. The van der Waals surface area contributed by atoms with Crippen LogP contribution in [0.3, 0.4) is 0 Å². The second kappa shape index (κ2) is 5.35. The summed E-state index contributed by atoms with van der Waals surface area (Å²) in [5.74, 6) is 0.835. The van der Waals surface area contributed by atoms with Gasteiger partial charge in [0.1, 0.15) is 5.75 Å². The molecule has 0 aliphatic carbocycles. The van der Waals surface area contributed by atoms with Gasteiger partial charge in [-0.2, -0.15) is 0 Å². The molecule has 2 nitrogen and oxygen atoms in total. The van der Waals surface area contributed by atoms with Gasteiger partial charge in [0.05, 0.1) is 12.8 Å². The number of hydrogen-bond acceptors (Lipinski definition) is 2. The second-order valence-corrected chi connectivity index (χ2v) is 2.47. The average molecular weight is 163 g/mol. The highest BCUT2D eigenvalue weighted by Crippen LogP contribution is 2.06. The molecule has 1 aromatic heterocycles. The molecule has 0 spiro atoms. The van der Waals surface area contributed by atoms with E-state index in [1.807, 2.05) is 18.2 Å². The van der Waals surface area contributed by atoms with Crippen LogP contribution in [0.25, 0.3) is 0 Å². The van der Waals surface area contributed by atoms with Crippen LogP contribution in [0.5, 0.6) is 5.75 Å². The van der Waals surface area contributed by atoms with E-state index in [0.29, 0.717) is 0 Å². The maximum absolute atomic E-state index is 5.40. The van der Waals surface area contributed by atoms with E-state index in [1.165, 1.54) is 0 Å². The predicted octanol–water partition coefficient (Wildman–Crippen LogP) is 2.43. The largest absolute Gasteiger partial charge is 0.492 e. The number of ether oxygens (including phenoxy) is 1. The van der Waals surface area contributed by atoms with E-state index in [9.17, 15) is 0 Å². The topological polar surface area (TPSA) is 22.1 Å². The number of allylic oxidation sites excluding steroid dienone is 1. The van der Waals surface area contributed by atoms with Crippen molar-refractivity contribution in [2.24, 2.45) is 0 Å². The van der Waals surface area contributed by atoms with Gasteiger partial charge in [-0.15, -0.1) is 6.58 Å². The van der Waals surface area contributed by atoms with Gasteiger partial charge in [0.15, 0.2) is 0 Å². The monoisotopic (exact) mass is 163 g/mol. The highest BCUT2D eigenvalue weighted by atomic mass is 16.5. The van der Waals surface area contributed by atoms with Crippen LogP contribution < -0.4 is 4.74 Å². The van der Waals surface area contributed by atoms with Crippen LogP contribution in [0, 0.1) is 0 Å². The van der Waals surface area contributed by atoms with E-state index in [-0.39, 0.29) is 0 Å². The van der Waals surface area contributed by atoms with E-state index >= 15 is 0 Å². The third-order valence-electron chi connectivity index (χ3n) is 1.46. The number of hydrogen-bond donors (Lipinski definition) is 0. The second-order valence-electron chi connectivity index (χ2n) is 2.47. The molecule has 12 heavy (non-hydrogen) atoms. The molecule has 64 valence electrons. The summed E-state index contributed by atoms with van der Waals surface area (Å²) in [6.07, 6.45) is 7.36. The predicted molar refractivity (Wildman–Crippen MR) is 49.2 cm³/mol. The first kappa shape index (κ1) is 8.78. The highest BCUT2D eigenvalue weighted by molar-refractivity contribution is 5.15. The Bertz CT molecular complexity index is 221. The van der Waals surface area contributed by atoms with Gasteiger partial charge in [-0.1, -0.05) is 6.08 Å². The zero-order chi connectivity index (χ0) is 8.65. The minimum atomic E-state index is 0.734. The summed E-state index contributed by atoms with van der Waals surface area (Å²) in [5, 5.41) is 0. The summed E-state index contributed by atoms with van der Waals surface area (Å²) in [5.41, 5.74) is 0. The number of aromatic nitrogens is 1. The maximum Gasteiger partial charge on any atom is 0.137 e. The van der Waals surface area contributed by atoms with Gasteiger partial charge in [-0.25, -0.2) is 0 Å². The molecule has 0 saturated heterocycles. The fourth-order valence-corrected chi connectivity index (χ4v) is 0.850. The molecular weight excluding hydrogens is 150 g/mol. The van der Waals surface area contributed by atoms with Gasteiger partial charge in [-0.05, 0) is 25.0 Å². The van der Waals surface area contributed by atoms with Crippen molar-refractivity contribution in [3.05, 3.63) is 37.2 Å². The Morgan fingerprint density at radius 2 is 2.50 bits per heavy atom. The Balaban J connectivity index is 2.20. The Morgan fingerprint density at radius 1 is 1.58 bits per heavy atom. The molecule has 0 atom stereocenters. The van der Waals surface area contributed by atoms with Crippen LogP contribution >= 0.6 is 0 Å². The van der Waals surface area contributed by atoms with Crippen LogP contribution in [0.2, 0.25) is 0 Å². The third-order valence-corrected chi connectivity index (χ3v) is 1.46. The summed E-state index contributed by atoms with van der Waals surface area (Å²) in [6.45, 7) is 4.37. The number of pyridine rings is 1. The molecule has 0 N–H and O–H groups in total. The van der Waals surface area contributed by atoms with Crippen molar-refractivity contribution in [1.82, 2.24) is 4.98 Å². The SMILES string of the molecule is C=CCCCOc1cccnc1. The summed E-state index contributed by atoms with van der Waals surface area (Å²) in [6, 6.07) is 3.77. The molecule has 0 aliphatic rings. The van der Waals surface area contributed by atoms with Gasteiger partial charge in [-0.3, -0.25) is 4.98 Å². The summed E-state index contributed by atoms with van der Waals surface area (Å²) < 4.78 is 5.40. The van der Waals surface area contributed by atoms with E-state index in [1.54, 1.807) is 12.4 Å². The van der Waals surface area contributed by atoms with Crippen molar-refractivity contribution in [3.63, 3.8) is 0 Å². The lowest BCUT2D eigenvalue weighted by molar-refractivity contribution is 0.311. The van der Waals surface area contributed by atoms with Crippen molar-refractivity contribution in [2.45, 2.75) is 12.8 Å².